The molecule has 3 aromatic rings. The van der Waals surface area contributed by atoms with Crippen molar-refractivity contribution < 1.29 is 18.0 Å². The highest BCUT2D eigenvalue weighted by molar-refractivity contribution is 7.92. The molecule has 0 saturated carbocycles. The number of hydrogen-bond acceptors (Lipinski definition) is 4. The number of hydrogen-bond donors (Lipinski definition) is 1. The van der Waals surface area contributed by atoms with Gasteiger partial charge in [0, 0.05) is 24.5 Å². The summed E-state index contributed by atoms with van der Waals surface area (Å²) in [5.74, 6) is -0.569. The molecule has 0 unspecified atom stereocenters. The molecular formula is C30H36ClN3O4S. The van der Waals surface area contributed by atoms with Crippen LogP contribution in [0.1, 0.15) is 30.5 Å². The Balaban J connectivity index is 2.05. The molecule has 0 aliphatic rings. The standard InChI is InChI=1S/C30H36ClN3O4S/c1-22(2)19-32-30(36)28(17-24-11-6-5-7-12-24)33(20-25-13-8-10-23(3)16-25)29(35)21-34(39(4,37)38)27-15-9-14-26(31)18-27/h5-16,18,22,28H,17,19-21H2,1-4H3,(H,32,36)/t28-/m0/s1. The summed E-state index contributed by atoms with van der Waals surface area (Å²) in [7, 11) is -3.84. The zero-order valence-corrected chi connectivity index (χ0v) is 24.4. The maximum absolute atomic E-state index is 14.0. The number of aryl methyl sites for hydroxylation is 1. The van der Waals surface area contributed by atoms with E-state index in [2.05, 4.69) is 5.32 Å². The number of nitrogens with one attached hydrogen (secondary N) is 1. The highest BCUT2D eigenvalue weighted by Crippen LogP contribution is 2.23. The van der Waals surface area contributed by atoms with Crippen LogP contribution in [0.5, 0.6) is 0 Å². The van der Waals surface area contributed by atoms with Crippen molar-refractivity contribution in [3.8, 4) is 0 Å². The summed E-state index contributed by atoms with van der Waals surface area (Å²) < 4.78 is 26.6. The Morgan fingerprint density at radius 2 is 1.59 bits per heavy atom. The maximum atomic E-state index is 14.0. The molecule has 7 nitrogen and oxygen atoms in total. The van der Waals surface area contributed by atoms with Crippen molar-refractivity contribution in [2.45, 2.75) is 39.8 Å². The van der Waals surface area contributed by atoms with Crippen LogP contribution in [0.3, 0.4) is 0 Å². The molecule has 3 aromatic carbocycles. The average molecular weight is 570 g/mol. The van der Waals surface area contributed by atoms with Crippen LogP contribution in [-0.4, -0.2) is 50.5 Å². The van der Waals surface area contributed by atoms with Crippen LogP contribution in [0, 0.1) is 12.8 Å². The number of nitrogens with zero attached hydrogens (tertiary/aromatic N) is 2. The van der Waals surface area contributed by atoms with E-state index in [-0.39, 0.29) is 30.5 Å². The minimum atomic E-state index is -3.84. The fourth-order valence-corrected chi connectivity index (χ4v) is 5.25. The second-order valence-corrected chi connectivity index (χ2v) is 12.4. The van der Waals surface area contributed by atoms with E-state index in [1.807, 2.05) is 75.4 Å². The van der Waals surface area contributed by atoms with Gasteiger partial charge in [-0.25, -0.2) is 8.42 Å². The topological polar surface area (TPSA) is 86.8 Å². The van der Waals surface area contributed by atoms with Crippen molar-refractivity contribution in [1.82, 2.24) is 10.2 Å². The van der Waals surface area contributed by atoms with Crippen LogP contribution < -0.4 is 9.62 Å². The van der Waals surface area contributed by atoms with Crippen LogP contribution in [0.4, 0.5) is 5.69 Å². The maximum Gasteiger partial charge on any atom is 0.244 e. The molecule has 0 bridgehead atoms. The first kappa shape index (κ1) is 30.2. The van der Waals surface area contributed by atoms with E-state index < -0.39 is 28.5 Å². The first-order valence-corrected chi connectivity index (χ1v) is 15.1. The van der Waals surface area contributed by atoms with Crippen LogP contribution in [0.25, 0.3) is 0 Å². The van der Waals surface area contributed by atoms with Crippen LogP contribution >= 0.6 is 11.6 Å². The van der Waals surface area contributed by atoms with Crippen LogP contribution in [0.2, 0.25) is 5.02 Å². The van der Waals surface area contributed by atoms with E-state index in [9.17, 15) is 18.0 Å². The van der Waals surface area contributed by atoms with E-state index in [1.54, 1.807) is 18.2 Å². The molecule has 1 atom stereocenters. The van der Waals surface area contributed by atoms with Gasteiger partial charge >= 0.3 is 0 Å². The monoisotopic (exact) mass is 569 g/mol. The van der Waals surface area contributed by atoms with Gasteiger partial charge in [-0.15, -0.1) is 0 Å². The normalized spacial score (nSPS) is 12.2. The van der Waals surface area contributed by atoms with Crippen LogP contribution in [0.15, 0.2) is 78.9 Å². The largest absolute Gasteiger partial charge is 0.354 e. The molecule has 0 spiro atoms. The van der Waals surface area contributed by atoms with Crippen molar-refractivity contribution >= 4 is 39.1 Å². The molecule has 0 heterocycles. The van der Waals surface area contributed by atoms with Gasteiger partial charge in [0.15, 0.2) is 0 Å². The third-order valence-electron chi connectivity index (χ3n) is 6.17. The third kappa shape index (κ3) is 9.11. The molecule has 0 aliphatic carbocycles. The fraction of sp³-hybridized carbons (Fsp3) is 0.333. The minimum Gasteiger partial charge on any atom is -0.354 e. The zero-order valence-electron chi connectivity index (χ0n) is 22.8. The number of rotatable bonds is 12. The lowest BCUT2D eigenvalue weighted by molar-refractivity contribution is -0.140. The second-order valence-electron chi connectivity index (χ2n) is 10.1. The Hall–Kier alpha value is -3.36. The van der Waals surface area contributed by atoms with Crippen molar-refractivity contribution in [2.75, 3.05) is 23.7 Å². The van der Waals surface area contributed by atoms with Gasteiger partial charge < -0.3 is 10.2 Å². The molecule has 9 heteroatoms. The molecule has 0 saturated heterocycles. The average Bonchev–Trinajstić information content (AvgIpc) is 2.87. The third-order valence-corrected chi connectivity index (χ3v) is 7.54. The molecule has 39 heavy (non-hydrogen) atoms. The van der Waals surface area contributed by atoms with Crippen molar-refractivity contribution in [2.24, 2.45) is 5.92 Å². The summed E-state index contributed by atoms with van der Waals surface area (Å²) in [5.41, 5.74) is 3.02. The summed E-state index contributed by atoms with van der Waals surface area (Å²) in [4.78, 5) is 29.1. The number of sulfonamides is 1. The van der Waals surface area contributed by atoms with Crippen molar-refractivity contribution in [3.05, 3.63) is 101 Å². The Morgan fingerprint density at radius 3 is 2.21 bits per heavy atom. The SMILES string of the molecule is Cc1cccc(CN(C(=O)CN(c2cccc(Cl)c2)S(C)(=O)=O)[C@@H](Cc2ccccc2)C(=O)NCC(C)C)c1. The first-order valence-electron chi connectivity index (χ1n) is 12.8. The van der Waals surface area contributed by atoms with E-state index in [0.29, 0.717) is 11.6 Å². The van der Waals surface area contributed by atoms with Gasteiger partial charge in [0.05, 0.1) is 11.9 Å². The first-order chi connectivity index (χ1) is 18.4. The number of carbonyl (C=O) groups is 2. The van der Waals surface area contributed by atoms with Gasteiger partial charge in [-0.3, -0.25) is 13.9 Å². The van der Waals surface area contributed by atoms with E-state index in [4.69, 9.17) is 11.6 Å². The Morgan fingerprint density at radius 1 is 0.923 bits per heavy atom. The van der Waals surface area contributed by atoms with Gasteiger partial charge in [0.1, 0.15) is 12.6 Å². The van der Waals surface area contributed by atoms with Crippen molar-refractivity contribution in [1.29, 1.82) is 0 Å². The zero-order chi connectivity index (χ0) is 28.6. The number of benzene rings is 3. The molecule has 208 valence electrons. The summed E-state index contributed by atoms with van der Waals surface area (Å²) >= 11 is 6.13. The Bertz CT molecular complexity index is 1380. The fourth-order valence-electron chi connectivity index (χ4n) is 4.23. The number of carbonyl (C=O) groups excluding carboxylic acids is 2. The molecule has 2 amide bonds. The minimum absolute atomic E-state index is 0.139. The highest BCUT2D eigenvalue weighted by Gasteiger charge is 2.33. The predicted molar refractivity (Wildman–Crippen MR) is 157 cm³/mol. The molecule has 0 aliphatic heterocycles. The van der Waals surface area contributed by atoms with Gasteiger partial charge in [0.2, 0.25) is 21.8 Å². The number of amides is 2. The van der Waals surface area contributed by atoms with Gasteiger partial charge in [0.25, 0.3) is 0 Å². The van der Waals surface area contributed by atoms with E-state index in [0.717, 1.165) is 27.3 Å². The molecule has 0 aromatic heterocycles. The van der Waals surface area contributed by atoms with Gasteiger partial charge in [-0.1, -0.05) is 91.7 Å². The molecule has 1 N–H and O–H groups in total. The Kier molecular flexibility index (Phi) is 10.5. The smallest absolute Gasteiger partial charge is 0.244 e. The lowest BCUT2D eigenvalue weighted by atomic mass is 10.0. The molecule has 0 radical (unpaired) electrons. The molecule has 3 rings (SSSR count). The summed E-state index contributed by atoms with van der Waals surface area (Å²) in [6.45, 7) is 6.06. The molecule has 0 fully saturated rings. The number of anilines is 1. The summed E-state index contributed by atoms with van der Waals surface area (Å²) in [5, 5.41) is 3.32. The molecular weight excluding hydrogens is 534 g/mol. The lowest BCUT2D eigenvalue weighted by Gasteiger charge is -2.33. The van der Waals surface area contributed by atoms with Crippen LogP contribution in [-0.2, 0) is 32.6 Å². The van der Waals surface area contributed by atoms with Gasteiger partial charge in [-0.05, 0) is 42.2 Å². The Labute approximate surface area is 236 Å². The quantitative estimate of drug-likeness (QED) is 0.338. The van der Waals surface area contributed by atoms with E-state index >= 15 is 0 Å². The highest BCUT2D eigenvalue weighted by atomic mass is 35.5. The second kappa shape index (κ2) is 13.6. The lowest BCUT2D eigenvalue weighted by Crippen LogP contribution is -2.53. The summed E-state index contributed by atoms with van der Waals surface area (Å²) in [6.07, 6.45) is 1.32. The number of halogens is 1. The predicted octanol–water partition coefficient (Wildman–Crippen LogP) is 4.83. The van der Waals surface area contributed by atoms with E-state index in [1.165, 1.54) is 11.0 Å². The van der Waals surface area contributed by atoms with Crippen molar-refractivity contribution in [3.63, 3.8) is 0 Å². The summed E-state index contributed by atoms with van der Waals surface area (Å²) in [6, 6.07) is 22.7. The van der Waals surface area contributed by atoms with Gasteiger partial charge in [-0.2, -0.15) is 0 Å².